The van der Waals surface area contributed by atoms with E-state index in [4.69, 9.17) is 10.6 Å². The molecule has 4 rings (SSSR count). The van der Waals surface area contributed by atoms with E-state index in [1.807, 2.05) is 18.5 Å². The summed E-state index contributed by atoms with van der Waals surface area (Å²) in [5, 5.41) is 2.95. The van der Waals surface area contributed by atoms with Gasteiger partial charge in [-0.15, -0.1) is 0 Å². The zero-order valence-electron chi connectivity index (χ0n) is 16.0. The third-order valence-corrected chi connectivity index (χ3v) is 5.20. The maximum atomic E-state index is 6.32. The summed E-state index contributed by atoms with van der Waals surface area (Å²) in [6, 6.07) is 8.36. The third kappa shape index (κ3) is 3.38. The number of hydrazine groups is 1. The van der Waals surface area contributed by atoms with Crippen molar-refractivity contribution in [1.82, 2.24) is 9.97 Å². The highest BCUT2D eigenvalue weighted by Crippen LogP contribution is 2.33. The first-order valence-electron chi connectivity index (χ1n) is 9.15. The summed E-state index contributed by atoms with van der Waals surface area (Å²) in [5.74, 6) is 6.97. The van der Waals surface area contributed by atoms with Gasteiger partial charge >= 0.3 is 0 Å². The Morgan fingerprint density at radius 3 is 2.74 bits per heavy atom. The van der Waals surface area contributed by atoms with E-state index in [9.17, 15) is 0 Å². The van der Waals surface area contributed by atoms with E-state index in [2.05, 4.69) is 48.1 Å². The van der Waals surface area contributed by atoms with Gasteiger partial charge in [-0.25, -0.2) is 10.8 Å². The van der Waals surface area contributed by atoms with Crippen molar-refractivity contribution in [2.75, 3.05) is 18.7 Å². The van der Waals surface area contributed by atoms with Crippen LogP contribution in [-0.2, 0) is 6.42 Å². The number of ether oxygens (including phenoxy) is 1. The average molecular weight is 360 g/mol. The maximum absolute atomic E-state index is 6.32. The van der Waals surface area contributed by atoms with Crippen LogP contribution in [0.25, 0.3) is 17.0 Å². The van der Waals surface area contributed by atoms with Gasteiger partial charge in [0.1, 0.15) is 0 Å². The molecular weight excluding hydrogens is 336 g/mol. The molecule has 0 atom stereocenters. The van der Waals surface area contributed by atoms with Gasteiger partial charge in [-0.3, -0.25) is 4.98 Å². The molecule has 1 aromatic carbocycles. The minimum absolute atomic E-state index is 0.657. The summed E-state index contributed by atoms with van der Waals surface area (Å²) >= 11 is 0. The van der Waals surface area contributed by atoms with Crippen molar-refractivity contribution in [3.63, 3.8) is 0 Å². The standard InChI is InChI=1S/C22H24N4O/c1-14-4-7-18-19-10-16(13-26(23)21(19)12-24-20(18)8-14)5-6-17-11-25-22(27-3)9-15(17)2/h4,7-12H,5-6,13,23H2,1-3H3. The van der Waals surface area contributed by atoms with E-state index in [-0.39, 0.29) is 0 Å². The highest BCUT2D eigenvalue weighted by Gasteiger charge is 2.18. The Hall–Kier alpha value is -2.92. The summed E-state index contributed by atoms with van der Waals surface area (Å²) in [6.07, 6.45) is 7.94. The molecular formula is C22H24N4O. The number of hydrogen-bond donors (Lipinski definition) is 1. The molecule has 1 aliphatic rings. The maximum Gasteiger partial charge on any atom is 0.213 e. The van der Waals surface area contributed by atoms with Crippen molar-refractivity contribution in [2.24, 2.45) is 5.84 Å². The Bertz CT molecular complexity index is 1040. The molecule has 3 heterocycles. The molecule has 5 heteroatoms. The molecule has 0 saturated carbocycles. The second-order valence-electron chi connectivity index (χ2n) is 7.16. The summed E-state index contributed by atoms with van der Waals surface area (Å²) in [5.41, 5.74) is 8.12. The molecule has 0 spiro atoms. The largest absolute Gasteiger partial charge is 0.481 e. The lowest BCUT2D eigenvalue weighted by atomic mass is 9.95. The van der Waals surface area contributed by atoms with Gasteiger partial charge < -0.3 is 9.75 Å². The van der Waals surface area contributed by atoms with Crippen molar-refractivity contribution in [3.8, 4) is 5.88 Å². The highest BCUT2D eigenvalue weighted by molar-refractivity contribution is 5.95. The van der Waals surface area contributed by atoms with Crippen LogP contribution in [0.15, 0.2) is 42.2 Å². The number of hydrogen-bond acceptors (Lipinski definition) is 5. The molecule has 0 aliphatic carbocycles. The topological polar surface area (TPSA) is 64.3 Å². The number of anilines is 1. The van der Waals surface area contributed by atoms with E-state index in [0.717, 1.165) is 35.0 Å². The van der Waals surface area contributed by atoms with Crippen LogP contribution >= 0.6 is 0 Å². The summed E-state index contributed by atoms with van der Waals surface area (Å²) in [6.45, 7) is 4.90. The number of benzene rings is 1. The molecule has 0 unspecified atom stereocenters. The first kappa shape index (κ1) is 17.5. The average Bonchev–Trinajstić information content (AvgIpc) is 2.66. The van der Waals surface area contributed by atoms with Crippen LogP contribution in [-0.4, -0.2) is 23.6 Å². The van der Waals surface area contributed by atoms with E-state index < -0.39 is 0 Å². The SMILES string of the molecule is COc1cc(C)c(CCC2=Cc3c(cnc4cc(C)ccc34)N(N)C2)cn1. The number of methoxy groups -OCH3 is 1. The van der Waals surface area contributed by atoms with Crippen molar-refractivity contribution in [2.45, 2.75) is 26.7 Å². The molecule has 5 nitrogen and oxygen atoms in total. The smallest absolute Gasteiger partial charge is 0.213 e. The van der Waals surface area contributed by atoms with Crippen molar-refractivity contribution < 1.29 is 4.74 Å². The second kappa shape index (κ2) is 7.00. The van der Waals surface area contributed by atoms with Crippen molar-refractivity contribution >= 4 is 22.7 Å². The molecule has 3 aromatic rings. The van der Waals surface area contributed by atoms with Crippen LogP contribution < -0.4 is 15.6 Å². The van der Waals surface area contributed by atoms with Gasteiger partial charge in [0.25, 0.3) is 0 Å². The lowest BCUT2D eigenvalue weighted by Gasteiger charge is -2.27. The Kier molecular flexibility index (Phi) is 4.54. The van der Waals surface area contributed by atoms with Gasteiger partial charge in [0.2, 0.25) is 5.88 Å². The van der Waals surface area contributed by atoms with Gasteiger partial charge in [0.05, 0.1) is 31.1 Å². The number of pyridine rings is 2. The van der Waals surface area contributed by atoms with Gasteiger partial charge in [-0.1, -0.05) is 18.2 Å². The van der Waals surface area contributed by atoms with Crippen LogP contribution in [0.3, 0.4) is 0 Å². The molecule has 0 amide bonds. The zero-order valence-corrected chi connectivity index (χ0v) is 16.0. The van der Waals surface area contributed by atoms with Crippen LogP contribution in [0.1, 0.15) is 28.7 Å². The van der Waals surface area contributed by atoms with Gasteiger partial charge in [-0.05, 0) is 55.0 Å². The van der Waals surface area contributed by atoms with Crippen LogP contribution in [0.5, 0.6) is 5.88 Å². The van der Waals surface area contributed by atoms with E-state index >= 15 is 0 Å². The Morgan fingerprint density at radius 2 is 1.96 bits per heavy atom. The summed E-state index contributed by atoms with van der Waals surface area (Å²) in [7, 11) is 1.64. The lowest BCUT2D eigenvalue weighted by molar-refractivity contribution is 0.397. The first-order chi connectivity index (χ1) is 13.0. The number of nitrogens with zero attached hydrogens (tertiary/aromatic N) is 3. The first-order valence-corrected chi connectivity index (χ1v) is 9.15. The predicted molar refractivity (Wildman–Crippen MR) is 110 cm³/mol. The minimum atomic E-state index is 0.657. The molecule has 0 saturated heterocycles. The second-order valence-corrected chi connectivity index (χ2v) is 7.16. The van der Waals surface area contributed by atoms with Crippen molar-refractivity contribution in [1.29, 1.82) is 0 Å². The molecule has 138 valence electrons. The predicted octanol–water partition coefficient (Wildman–Crippen LogP) is 3.97. The number of aromatic nitrogens is 2. The van der Waals surface area contributed by atoms with Gasteiger partial charge in [-0.2, -0.15) is 0 Å². The molecule has 1 aliphatic heterocycles. The Morgan fingerprint density at radius 1 is 1.11 bits per heavy atom. The van der Waals surface area contributed by atoms with Crippen LogP contribution in [0.4, 0.5) is 5.69 Å². The molecule has 0 radical (unpaired) electrons. The summed E-state index contributed by atoms with van der Waals surface area (Å²) in [4.78, 5) is 8.92. The van der Waals surface area contributed by atoms with E-state index in [1.54, 1.807) is 12.1 Å². The molecule has 27 heavy (non-hydrogen) atoms. The molecule has 2 N–H and O–H groups in total. The molecule has 0 bridgehead atoms. The number of rotatable bonds is 4. The van der Waals surface area contributed by atoms with E-state index in [0.29, 0.717) is 12.4 Å². The molecule has 2 aromatic heterocycles. The minimum Gasteiger partial charge on any atom is -0.481 e. The zero-order chi connectivity index (χ0) is 19.0. The fraction of sp³-hybridized carbons (Fsp3) is 0.273. The van der Waals surface area contributed by atoms with E-state index in [1.165, 1.54) is 22.3 Å². The number of fused-ring (bicyclic) bond motifs is 3. The van der Waals surface area contributed by atoms with Crippen LogP contribution in [0, 0.1) is 13.8 Å². The normalized spacial score (nSPS) is 13.5. The highest BCUT2D eigenvalue weighted by atomic mass is 16.5. The number of nitrogens with two attached hydrogens (primary N) is 1. The quantitative estimate of drug-likeness (QED) is 0.713. The third-order valence-electron chi connectivity index (χ3n) is 5.20. The van der Waals surface area contributed by atoms with Gasteiger partial charge in [0, 0.05) is 23.2 Å². The van der Waals surface area contributed by atoms with Gasteiger partial charge in [0.15, 0.2) is 0 Å². The fourth-order valence-electron chi connectivity index (χ4n) is 3.63. The Balaban J connectivity index is 1.64. The lowest BCUT2D eigenvalue weighted by Crippen LogP contribution is -2.35. The fourth-order valence-corrected chi connectivity index (χ4v) is 3.63. The van der Waals surface area contributed by atoms with Crippen LogP contribution in [0.2, 0.25) is 0 Å². The summed E-state index contributed by atoms with van der Waals surface area (Å²) < 4.78 is 5.20. The number of aryl methyl sites for hydroxylation is 3. The Labute approximate surface area is 159 Å². The molecule has 0 fully saturated rings. The van der Waals surface area contributed by atoms with Crippen molar-refractivity contribution in [3.05, 3.63) is 64.5 Å². The monoisotopic (exact) mass is 360 g/mol.